The summed E-state index contributed by atoms with van der Waals surface area (Å²) in [5.41, 5.74) is 7.09. The van der Waals surface area contributed by atoms with Crippen LogP contribution in [0.5, 0.6) is 11.5 Å². The molecule has 0 unspecified atom stereocenters. The number of hydrogen-bond acceptors (Lipinski definition) is 6. The number of nitrogens with two attached hydrogens (primary N) is 1. The molecule has 142 valence electrons. The highest BCUT2D eigenvalue weighted by atomic mass is 35.5. The second kappa shape index (κ2) is 8.64. The first kappa shape index (κ1) is 18.8. The Hall–Kier alpha value is -2.93. The predicted molar refractivity (Wildman–Crippen MR) is 100 cm³/mol. The van der Waals surface area contributed by atoms with Gasteiger partial charge in [-0.15, -0.1) is 0 Å². The number of esters is 1. The van der Waals surface area contributed by atoms with Gasteiger partial charge in [-0.25, -0.2) is 4.79 Å². The molecule has 1 heterocycles. The number of anilines is 1. The van der Waals surface area contributed by atoms with Gasteiger partial charge < -0.3 is 25.3 Å². The Morgan fingerprint density at radius 2 is 1.89 bits per heavy atom. The number of hydrogen-bond donors (Lipinski definition) is 2. The van der Waals surface area contributed by atoms with Gasteiger partial charge in [0, 0.05) is 17.3 Å². The molecule has 0 aromatic heterocycles. The molecule has 2 aromatic carbocycles. The summed E-state index contributed by atoms with van der Waals surface area (Å²) >= 11 is 5.79. The number of amides is 1. The van der Waals surface area contributed by atoms with Gasteiger partial charge in [0.2, 0.25) is 0 Å². The minimum atomic E-state index is -0.675. The average molecular weight is 391 g/mol. The molecule has 0 atom stereocenters. The molecule has 27 heavy (non-hydrogen) atoms. The minimum absolute atomic E-state index is 0.170. The van der Waals surface area contributed by atoms with Crippen LogP contribution >= 0.6 is 11.6 Å². The molecule has 0 radical (unpaired) electrons. The molecular weight excluding hydrogens is 372 g/mol. The molecule has 8 heteroatoms. The molecule has 1 aliphatic heterocycles. The fraction of sp³-hybridized carbons (Fsp3) is 0.263. The summed E-state index contributed by atoms with van der Waals surface area (Å²) < 4.78 is 16.0. The van der Waals surface area contributed by atoms with Crippen molar-refractivity contribution < 1.29 is 23.8 Å². The third-order valence-electron chi connectivity index (χ3n) is 3.91. The highest BCUT2D eigenvalue weighted by Gasteiger charge is 2.14. The van der Waals surface area contributed by atoms with Gasteiger partial charge in [0.05, 0.1) is 5.56 Å². The highest BCUT2D eigenvalue weighted by Crippen LogP contribution is 2.30. The average Bonchev–Trinajstić information content (AvgIpc) is 2.66. The Morgan fingerprint density at radius 3 is 2.67 bits per heavy atom. The van der Waals surface area contributed by atoms with Crippen LogP contribution in [-0.4, -0.2) is 38.2 Å². The number of rotatable bonds is 6. The number of fused-ring (bicyclic) bond motifs is 1. The van der Waals surface area contributed by atoms with Gasteiger partial charge >= 0.3 is 5.97 Å². The predicted octanol–water partition coefficient (Wildman–Crippen LogP) is 2.21. The van der Waals surface area contributed by atoms with Crippen molar-refractivity contribution in [3.05, 3.63) is 52.5 Å². The lowest BCUT2D eigenvalue weighted by Gasteiger charge is -2.18. The van der Waals surface area contributed by atoms with Crippen LogP contribution in [0.4, 0.5) is 5.69 Å². The van der Waals surface area contributed by atoms with Crippen LogP contribution < -0.4 is 20.5 Å². The summed E-state index contributed by atoms with van der Waals surface area (Å²) in [6.07, 6.45) is 0.612. The van der Waals surface area contributed by atoms with Crippen LogP contribution in [-0.2, 0) is 16.0 Å². The van der Waals surface area contributed by atoms with Crippen LogP contribution in [0.2, 0.25) is 5.02 Å². The van der Waals surface area contributed by atoms with Crippen molar-refractivity contribution in [3.63, 3.8) is 0 Å². The van der Waals surface area contributed by atoms with Crippen LogP contribution in [0.3, 0.4) is 0 Å². The summed E-state index contributed by atoms with van der Waals surface area (Å²) in [6, 6.07) is 10.1. The number of carbonyl (C=O) groups excluding carboxylic acids is 2. The van der Waals surface area contributed by atoms with Crippen molar-refractivity contribution in [1.29, 1.82) is 0 Å². The molecule has 0 saturated carbocycles. The summed E-state index contributed by atoms with van der Waals surface area (Å²) in [5, 5.41) is 3.12. The van der Waals surface area contributed by atoms with Gasteiger partial charge in [0.25, 0.3) is 5.91 Å². The lowest BCUT2D eigenvalue weighted by molar-refractivity contribution is -0.124. The highest BCUT2D eigenvalue weighted by molar-refractivity contribution is 6.31. The van der Waals surface area contributed by atoms with Crippen LogP contribution in [0, 0.1) is 0 Å². The molecule has 0 fully saturated rings. The van der Waals surface area contributed by atoms with Crippen molar-refractivity contribution in [2.24, 2.45) is 0 Å². The maximum Gasteiger partial charge on any atom is 0.340 e. The summed E-state index contributed by atoms with van der Waals surface area (Å²) in [7, 11) is 0. The van der Waals surface area contributed by atoms with E-state index in [2.05, 4.69) is 5.32 Å². The van der Waals surface area contributed by atoms with Crippen LogP contribution in [0.15, 0.2) is 36.4 Å². The zero-order valence-corrected chi connectivity index (χ0v) is 15.3. The van der Waals surface area contributed by atoms with Crippen LogP contribution in [0.25, 0.3) is 0 Å². The Kier molecular flexibility index (Phi) is 6.03. The SMILES string of the molecule is Nc1cc(Cl)ccc1C(=O)OCC(=O)NCCc1ccc2c(c1)OCCO2. The molecule has 3 N–H and O–H groups in total. The Labute approximate surface area is 161 Å². The lowest BCUT2D eigenvalue weighted by atomic mass is 10.1. The van der Waals surface area contributed by atoms with Crippen molar-refractivity contribution in [2.75, 3.05) is 32.1 Å². The van der Waals surface area contributed by atoms with E-state index < -0.39 is 11.9 Å². The summed E-state index contributed by atoms with van der Waals surface area (Å²) in [6.45, 7) is 1.08. The van der Waals surface area contributed by atoms with E-state index in [0.717, 1.165) is 11.3 Å². The van der Waals surface area contributed by atoms with E-state index in [-0.39, 0.29) is 17.9 Å². The molecule has 0 aliphatic carbocycles. The first-order valence-corrected chi connectivity index (χ1v) is 8.78. The zero-order valence-electron chi connectivity index (χ0n) is 14.5. The number of ether oxygens (including phenoxy) is 3. The van der Waals surface area contributed by atoms with Crippen molar-refractivity contribution in [3.8, 4) is 11.5 Å². The molecule has 2 aromatic rings. The molecule has 1 amide bonds. The van der Waals surface area contributed by atoms with Crippen molar-refractivity contribution >= 4 is 29.2 Å². The first-order chi connectivity index (χ1) is 13.0. The zero-order chi connectivity index (χ0) is 19.2. The van der Waals surface area contributed by atoms with Gasteiger partial charge in [-0.3, -0.25) is 4.79 Å². The van der Waals surface area contributed by atoms with Gasteiger partial charge in [0.15, 0.2) is 18.1 Å². The molecule has 0 bridgehead atoms. The van der Waals surface area contributed by atoms with Gasteiger partial charge in [-0.1, -0.05) is 17.7 Å². The van der Waals surface area contributed by atoms with E-state index in [1.54, 1.807) is 0 Å². The number of nitrogens with one attached hydrogen (secondary N) is 1. The fourth-order valence-corrected chi connectivity index (χ4v) is 2.75. The van der Waals surface area contributed by atoms with E-state index in [0.29, 0.717) is 37.0 Å². The van der Waals surface area contributed by atoms with Crippen molar-refractivity contribution in [1.82, 2.24) is 5.32 Å². The molecule has 0 spiro atoms. The molecule has 7 nitrogen and oxygen atoms in total. The number of halogens is 1. The maximum absolute atomic E-state index is 12.0. The minimum Gasteiger partial charge on any atom is -0.486 e. The first-order valence-electron chi connectivity index (χ1n) is 8.40. The molecule has 1 aliphatic rings. The summed E-state index contributed by atoms with van der Waals surface area (Å²) in [4.78, 5) is 23.8. The van der Waals surface area contributed by atoms with E-state index in [9.17, 15) is 9.59 Å². The number of carbonyl (C=O) groups is 2. The third-order valence-corrected chi connectivity index (χ3v) is 4.15. The molecule has 3 rings (SSSR count). The normalized spacial score (nSPS) is 12.3. The Balaban J connectivity index is 1.42. The Morgan fingerprint density at radius 1 is 1.11 bits per heavy atom. The monoisotopic (exact) mass is 390 g/mol. The number of benzene rings is 2. The second-order valence-corrected chi connectivity index (χ2v) is 6.32. The number of nitrogen functional groups attached to an aromatic ring is 1. The molecule has 0 saturated heterocycles. The third kappa shape index (κ3) is 5.04. The smallest absolute Gasteiger partial charge is 0.340 e. The largest absolute Gasteiger partial charge is 0.486 e. The van der Waals surface area contributed by atoms with E-state index >= 15 is 0 Å². The quantitative estimate of drug-likeness (QED) is 0.579. The van der Waals surface area contributed by atoms with Gasteiger partial charge in [-0.2, -0.15) is 0 Å². The fourth-order valence-electron chi connectivity index (χ4n) is 2.57. The maximum atomic E-state index is 12.0. The Bertz CT molecular complexity index is 856. The summed E-state index contributed by atoms with van der Waals surface area (Å²) in [5.74, 6) is 0.363. The standard InChI is InChI=1S/C19H19ClN2O5/c20-13-2-3-14(15(21)10-13)19(24)27-11-18(23)22-6-5-12-1-4-16-17(9-12)26-8-7-25-16/h1-4,9-10H,5-8,11,21H2,(H,22,23). The van der Waals surface area contributed by atoms with Crippen molar-refractivity contribution in [2.45, 2.75) is 6.42 Å². The van der Waals surface area contributed by atoms with Gasteiger partial charge in [-0.05, 0) is 42.3 Å². The van der Waals surface area contributed by atoms with Gasteiger partial charge in [0.1, 0.15) is 13.2 Å². The van der Waals surface area contributed by atoms with Crippen LogP contribution in [0.1, 0.15) is 15.9 Å². The molecular formula is C19H19ClN2O5. The van der Waals surface area contributed by atoms with E-state index in [4.69, 9.17) is 31.5 Å². The van der Waals surface area contributed by atoms with E-state index in [1.807, 2.05) is 18.2 Å². The van der Waals surface area contributed by atoms with E-state index in [1.165, 1.54) is 18.2 Å². The lowest BCUT2D eigenvalue weighted by Crippen LogP contribution is -2.30. The second-order valence-electron chi connectivity index (χ2n) is 5.89. The topological polar surface area (TPSA) is 99.9 Å².